The van der Waals surface area contributed by atoms with E-state index in [0.717, 1.165) is 43.2 Å². The summed E-state index contributed by atoms with van der Waals surface area (Å²) < 4.78 is 5.60. The lowest BCUT2D eigenvalue weighted by Crippen LogP contribution is -2.46. The third-order valence-corrected chi connectivity index (χ3v) is 7.67. The van der Waals surface area contributed by atoms with Crippen molar-refractivity contribution in [2.75, 3.05) is 13.2 Å². The average molecular weight is 471 g/mol. The fourth-order valence-corrected chi connectivity index (χ4v) is 6.16. The van der Waals surface area contributed by atoms with Crippen molar-refractivity contribution < 1.29 is 19.1 Å². The summed E-state index contributed by atoms with van der Waals surface area (Å²) in [6, 6.07) is 4.65. The van der Waals surface area contributed by atoms with E-state index in [9.17, 15) is 14.4 Å². The molecule has 1 saturated carbocycles. The molecule has 2 saturated heterocycles. The zero-order chi connectivity index (χ0) is 23.1. The van der Waals surface area contributed by atoms with Gasteiger partial charge in [-0.1, -0.05) is 31.4 Å². The Morgan fingerprint density at radius 3 is 2.73 bits per heavy atom. The van der Waals surface area contributed by atoms with Crippen molar-refractivity contribution in [3.8, 4) is 11.1 Å². The van der Waals surface area contributed by atoms with Gasteiger partial charge in [0.1, 0.15) is 18.8 Å². The molecule has 1 aromatic heterocycles. The predicted octanol–water partition coefficient (Wildman–Crippen LogP) is 2.63. The van der Waals surface area contributed by atoms with E-state index in [0.29, 0.717) is 11.1 Å². The first-order chi connectivity index (χ1) is 16.0. The number of nitrogens with two attached hydrogens (primary N) is 1. The zero-order valence-corrected chi connectivity index (χ0v) is 19.0. The Bertz CT molecular complexity index is 1070. The molecule has 1 aliphatic carbocycles. The predicted molar refractivity (Wildman–Crippen MR) is 122 cm³/mol. The van der Waals surface area contributed by atoms with Gasteiger partial charge in [0.2, 0.25) is 11.8 Å². The lowest BCUT2D eigenvalue weighted by molar-refractivity contribution is -0.139. The highest BCUT2D eigenvalue weighted by Crippen LogP contribution is 2.44. The third-order valence-electron chi connectivity index (χ3n) is 7.28. The number of fused-ring (bicyclic) bond motifs is 1. The maximum Gasteiger partial charge on any atom is 0.249 e. The lowest BCUT2D eigenvalue weighted by Gasteiger charge is -2.35. The van der Waals surface area contributed by atoms with E-state index in [1.165, 1.54) is 0 Å². The van der Waals surface area contributed by atoms with Gasteiger partial charge in [0, 0.05) is 23.9 Å². The number of Topliss-reactive ketones (excluding diaryl/α,β-unsaturated/α-hetero) is 1. The van der Waals surface area contributed by atoms with Crippen molar-refractivity contribution in [2.24, 2.45) is 11.7 Å². The molecule has 0 bridgehead atoms. The monoisotopic (exact) mass is 470 g/mol. The second-order valence-electron chi connectivity index (χ2n) is 9.19. The van der Waals surface area contributed by atoms with Crippen LogP contribution in [0.2, 0.25) is 0 Å². The van der Waals surface area contributed by atoms with Gasteiger partial charge in [-0.15, -0.1) is 11.6 Å². The molecule has 9 heteroatoms. The van der Waals surface area contributed by atoms with Gasteiger partial charge >= 0.3 is 0 Å². The maximum absolute atomic E-state index is 14.3. The number of hydrogen-bond acceptors (Lipinski definition) is 5. The number of nitrogens with zero attached hydrogens (tertiary/aromatic N) is 2. The number of aromatic nitrogens is 2. The van der Waals surface area contributed by atoms with Crippen molar-refractivity contribution >= 4 is 29.2 Å². The molecule has 2 aromatic rings. The molecule has 2 amide bonds. The number of ether oxygens (including phenoxy) is 1. The van der Waals surface area contributed by atoms with Crippen molar-refractivity contribution in [3.05, 3.63) is 41.7 Å². The van der Waals surface area contributed by atoms with Crippen LogP contribution in [0.15, 0.2) is 30.6 Å². The average Bonchev–Trinajstić information content (AvgIpc) is 3.55. The third kappa shape index (κ3) is 3.85. The fourth-order valence-electron chi connectivity index (χ4n) is 5.80. The van der Waals surface area contributed by atoms with Gasteiger partial charge in [0.15, 0.2) is 5.78 Å². The number of alkyl halides is 1. The van der Waals surface area contributed by atoms with Crippen LogP contribution in [0.4, 0.5) is 0 Å². The van der Waals surface area contributed by atoms with Crippen LogP contribution in [0.3, 0.4) is 0 Å². The molecule has 174 valence electrons. The zero-order valence-electron chi connectivity index (χ0n) is 18.2. The van der Waals surface area contributed by atoms with Crippen molar-refractivity contribution in [3.63, 3.8) is 0 Å². The topological polar surface area (TPSA) is 118 Å². The Morgan fingerprint density at radius 1 is 1.24 bits per heavy atom. The van der Waals surface area contributed by atoms with Crippen LogP contribution in [0, 0.1) is 5.92 Å². The molecule has 3 N–H and O–H groups in total. The summed E-state index contributed by atoms with van der Waals surface area (Å²) in [6.07, 6.45) is 7.79. The number of aromatic amines is 1. The summed E-state index contributed by atoms with van der Waals surface area (Å²) in [5, 5.41) is 6.42. The number of rotatable bonds is 5. The number of benzene rings is 1. The van der Waals surface area contributed by atoms with E-state index < -0.39 is 29.3 Å². The van der Waals surface area contributed by atoms with Gasteiger partial charge < -0.3 is 15.4 Å². The molecule has 5 rings (SSSR count). The highest BCUT2D eigenvalue weighted by Gasteiger charge is 2.53. The first kappa shape index (κ1) is 22.1. The van der Waals surface area contributed by atoms with Crippen molar-refractivity contribution in [1.29, 1.82) is 0 Å². The van der Waals surface area contributed by atoms with E-state index in [4.69, 9.17) is 22.1 Å². The number of H-pyrrole nitrogens is 1. The molecule has 1 aromatic carbocycles. The van der Waals surface area contributed by atoms with E-state index >= 15 is 0 Å². The minimum atomic E-state index is -0.677. The molecule has 3 heterocycles. The van der Waals surface area contributed by atoms with Gasteiger partial charge in [-0.3, -0.25) is 19.5 Å². The molecule has 0 radical (unpaired) electrons. The van der Waals surface area contributed by atoms with E-state index in [-0.39, 0.29) is 30.8 Å². The van der Waals surface area contributed by atoms with Crippen LogP contribution in [-0.2, 0) is 14.3 Å². The SMILES string of the molecule is NC(=O)c1cccc(-c2cn[nH]c2)c1[C@@H](C(=O)N1C[C@H](Cl)[C@H]2OCC(=O)[C@H]21)C1CCCCC1. The Hall–Kier alpha value is -2.71. The fraction of sp³-hybridized carbons (Fsp3) is 0.500. The number of carbonyl (C=O) groups is 3. The highest BCUT2D eigenvalue weighted by atomic mass is 35.5. The van der Waals surface area contributed by atoms with Crippen LogP contribution in [0.1, 0.15) is 53.9 Å². The first-order valence-electron chi connectivity index (χ1n) is 11.5. The molecule has 3 fully saturated rings. The Kier molecular flexibility index (Phi) is 5.97. The minimum absolute atomic E-state index is 0.0302. The number of nitrogens with one attached hydrogen (secondary N) is 1. The molecule has 33 heavy (non-hydrogen) atoms. The Balaban J connectivity index is 1.65. The lowest BCUT2D eigenvalue weighted by atomic mass is 9.73. The number of amides is 2. The summed E-state index contributed by atoms with van der Waals surface area (Å²) in [5.74, 6) is -1.48. The maximum atomic E-state index is 14.3. The van der Waals surface area contributed by atoms with Crippen LogP contribution >= 0.6 is 11.6 Å². The van der Waals surface area contributed by atoms with Crippen LogP contribution in [-0.4, -0.2) is 63.4 Å². The summed E-state index contributed by atoms with van der Waals surface area (Å²) in [5.41, 5.74) is 8.26. The smallest absolute Gasteiger partial charge is 0.249 e. The first-order valence-corrected chi connectivity index (χ1v) is 11.9. The van der Waals surface area contributed by atoms with Crippen LogP contribution < -0.4 is 5.73 Å². The molecule has 3 aliphatic rings. The quantitative estimate of drug-likeness (QED) is 0.651. The molecule has 0 unspecified atom stereocenters. The van der Waals surface area contributed by atoms with E-state index in [2.05, 4.69) is 10.2 Å². The summed E-state index contributed by atoms with van der Waals surface area (Å²) in [4.78, 5) is 41.0. The molecular weight excluding hydrogens is 444 g/mol. The van der Waals surface area contributed by atoms with Crippen molar-refractivity contribution in [1.82, 2.24) is 15.1 Å². The minimum Gasteiger partial charge on any atom is -0.366 e. The second kappa shape index (κ2) is 8.91. The normalized spacial score (nSPS) is 26.4. The Labute approximate surface area is 196 Å². The molecule has 2 aliphatic heterocycles. The summed E-state index contributed by atoms with van der Waals surface area (Å²) in [7, 11) is 0. The number of likely N-dealkylation sites (tertiary alicyclic amines) is 1. The molecule has 0 spiro atoms. The van der Waals surface area contributed by atoms with Gasteiger partial charge in [-0.05, 0) is 36.0 Å². The number of halogens is 1. The van der Waals surface area contributed by atoms with Gasteiger partial charge in [0.05, 0.1) is 17.5 Å². The molecular formula is C24H27ClN4O4. The van der Waals surface area contributed by atoms with Gasteiger partial charge in [-0.25, -0.2) is 0 Å². The van der Waals surface area contributed by atoms with Crippen LogP contribution in [0.25, 0.3) is 11.1 Å². The number of carbonyl (C=O) groups excluding carboxylic acids is 3. The van der Waals surface area contributed by atoms with E-state index in [1.54, 1.807) is 29.4 Å². The second-order valence-corrected chi connectivity index (χ2v) is 9.75. The number of primary amides is 1. The standard InChI is InChI=1S/C24H27ClN4O4/c25-17-11-29(21-18(30)12-33-22(17)21)24(32)19(13-5-2-1-3-6-13)20-15(14-9-27-28-10-14)7-4-8-16(20)23(26)31/h4,7-10,13,17,19,21-22H,1-3,5-6,11-12H2,(H2,26,31)(H,27,28)/t17-,19-,21+,22+/m0/s1. The largest absolute Gasteiger partial charge is 0.366 e. The van der Waals surface area contributed by atoms with Crippen LogP contribution in [0.5, 0.6) is 0 Å². The highest BCUT2D eigenvalue weighted by molar-refractivity contribution is 6.22. The van der Waals surface area contributed by atoms with Gasteiger partial charge in [0.25, 0.3) is 0 Å². The van der Waals surface area contributed by atoms with Gasteiger partial charge in [-0.2, -0.15) is 5.10 Å². The molecule has 4 atom stereocenters. The van der Waals surface area contributed by atoms with E-state index in [1.807, 2.05) is 6.07 Å². The summed E-state index contributed by atoms with van der Waals surface area (Å²) in [6.45, 7) is 0.207. The van der Waals surface area contributed by atoms with Crippen molar-refractivity contribution in [2.45, 2.75) is 55.5 Å². The number of ketones is 1. The molecule has 8 nitrogen and oxygen atoms in total. The summed E-state index contributed by atoms with van der Waals surface area (Å²) >= 11 is 6.49. The Morgan fingerprint density at radius 2 is 2.03 bits per heavy atom. The number of hydrogen-bond donors (Lipinski definition) is 2.